The van der Waals surface area contributed by atoms with Gasteiger partial charge in [-0.05, 0) is 18.6 Å². The van der Waals surface area contributed by atoms with Crippen LogP contribution in [0.15, 0.2) is 36.7 Å². The Hall–Kier alpha value is -2.54. The number of ether oxygens (including phenoxy) is 1. The molecule has 118 valence electrons. The third-order valence-electron chi connectivity index (χ3n) is 3.97. The van der Waals surface area contributed by atoms with Crippen LogP contribution in [0.25, 0.3) is 11.0 Å². The molecule has 1 fully saturated rings. The number of rotatable bonds is 5. The van der Waals surface area contributed by atoms with Crippen LogP contribution < -0.4 is 5.32 Å². The van der Waals surface area contributed by atoms with Crippen molar-refractivity contribution in [1.82, 2.24) is 25.0 Å². The summed E-state index contributed by atoms with van der Waals surface area (Å²) in [5.41, 5.74) is 2.77. The van der Waals surface area contributed by atoms with E-state index in [0.29, 0.717) is 6.04 Å². The number of aromatic nitrogens is 5. The molecule has 1 saturated heterocycles. The Morgan fingerprint density at radius 1 is 1.26 bits per heavy atom. The molecule has 3 aromatic rings. The van der Waals surface area contributed by atoms with Gasteiger partial charge in [0.1, 0.15) is 5.82 Å². The summed E-state index contributed by atoms with van der Waals surface area (Å²) in [6.07, 6.45) is 5.57. The Bertz CT molecular complexity index is 796. The first-order chi connectivity index (χ1) is 11.4. The summed E-state index contributed by atoms with van der Waals surface area (Å²) < 4.78 is 7.29. The monoisotopic (exact) mass is 310 g/mol. The molecule has 0 radical (unpaired) electrons. The van der Waals surface area contributed by atoms with E-state index in [9.17, 15) is 0 Å². The predicted octanol–water partition coefficient (Wildman–Crippen LogP) is 1.84. The quantitative estimate of drug-likeness (QED) is 0.775. The number of nitrogens with zero attached hydrogens (tertiary/aromatic N) is 5. The van der Waals surface area contributed by atoms with Gasteiger partial charge >= 0.3 is 0 Å². The molecular formula is C16H18N6O. The SMILES string of the molecule is c1ccc2nc(NCCc3cn(C4CCOC4)nn3)cnc2c1. The van der Waals surface area contributed by atoms with Crippen molar-refractivity contribution < 1.29 is 4.74 Å². The normalized spacial score (nSPS) is 17.7. The second kappa shape index (κ2) is 6.29. The highest BCUT2D eigenvalue weighted by molar-refractivity contribution is 5.75. The molecule has 1 aromatic carbocycles. The molecule has 4 rings (SSSR count). The van der Waals surface area contributed by atoms with Gasteiger partial charge in [0.25, 0.3) is 0 Å². The van der Waals surface area contributed by atoms with E-state index in [1.807, 2.05) is 35.1 Å². The molecule has 1 unspecified atom stereocenters. The lowest BCUT2D eigenvalue weighted by Crippen LogP contribution is -2.09. The summed E-state index contributed by atoms with van der Waals surface area (Å²) in [7, 11) is 0. The maximum Gasteiger partial charge on any atom is 0.145 e. The largest absolute Gasteiger partial charge is 0.379 e. The molecule has 0 amide bonds. The van der Waals surface area contributed by atoms with Gasteiger partial charge in [0.15, 0.2) is 0 Å². The average molecular weight is 310 g/mol. The van der Waals surface area contributed by atoms with Crippen LogP contribution in [0, 0.1) is 0 Å². The van der Waals surface area contributed by atoms with Crippen molar-refractivity contribution in [3.05, 3.63) is 42.4 Å². The zero-order chi connectivity index (χ0) is 15.5. The van der Waals surface area contributed by atoms with Gasteiger partial charge < -0.3 is 10.1 Å². The fourth-order valence-corrected chi connectivity index (χ4v) is 2.70. The Labute approximate surface area is 133 Å². The number of para-hydroxylation sites is 2. The Kier molecular flexibility index (Phi) is 3.85. The van der Waals surface area contributed by atoms with Crippen molar-refractivity contribution in [3.63, 3.8) is 0 Å². The topological polar surface area (TPSA) is 77.8 Å². The molecule has 0 saturated carbocycles. The molecule has 0 aliphatic carbocycles. The Morgan fingerprint density at radius 2 is 2.17 bits per heavy atom. The molecule has 1 N–H and O–H groups in total. The maximum absolute atomic E-state index is 5.38. The van der Waals surface area contributed by atoms with Crippen molar-refractivity contribution >= 4 is 16.9 Å². The van der Waals surface area contributed by atoms with Gasteiger partial charge in [-0.25, -0.2) is 9.67 Å². The van der Waals surface area contributed by atoms with E-state index in [1.165, 1.54) is 0 Å². The lowest BCUT2D eigenvalue weighted by Gasteiger charge is -2.06. The molecule has 1 aliphatic rings. The smallest absolute Gasteiger partial charge is 0.145 e. The number of hydrogen-bond acceptors (Lipinski definition) is 6. The molecule has 23 heavy (non-hydrogen) atoms. The van der Waals surface area contributed by atoms with Gasteiger partial charge in [-0.3, -0.25) is 4.98 Å². The number of benzene rings is 1. The van der Waals surface area contributed by atoms with E-state index < -0.39 is 0 Å². The fourth-order valence-electron chi connectivity index (χ4n) is 2.70. The van der Waals surface area contributed by atoms with E-state index in [4.69, 9.17) is 4.74 Å². The molecule has 1 atom stereocenters. The van der Waals surface area contributed by atoms with Gasteiger partial charge in [-0.2, -0.15) is 0 Å². The Morgan fingerprint density at radius 3 is 3.04 bits per heavy atom. The van der Waals surface area contributed by atoms with E-state index in [0.717, 1.165) is 55.1 Å². The summed E-state index contributed by atoms with van der Waals surface area (Å²) in [4.78, 5) is 8.94. The van der Waals surface area contributed by atoms with E-state index in [2.05, 4.69) is 25.6 Å². The van der Waals surface area contributed by atoms with E-state index >= 15 is 0 Å². The number of hydrogen-bond donors (Lipinski definition) is 1. The van der Waals surface area contributed by atoms with Crippen molar-refractivity contribution in [1.29, 1.82) is 0 Å². The van der Waals surface area contributed by atoms with Crippen molar-refractivity contribution in [3.8, 4) is 0 Å². The highest BCUT2D eigenvalue weighted by Gasteiger charge is 2.18. The van der Waals surface area contributed by atoms with Crippen molar-refractivity contribution in [2.75, 3.05) is 25.1 Å². The third kappa shape index (κ3) is 3.14. The number of nitrogens with one attached hydrogen (secondary N) is 1. The van der Waals surface area contributed by atoms with Gasteiger partial charge in [0.2, 0.25) is 0 Å². The second-order valence-electron chi connectivity index (χ2n) is 5.63. The maximum atomic E-state index is 5.38. The van der Waals surface area contributed by atoms with Crippen LogP contribution in [0.1, 0.15) is 18.2 Å². The molecule has 0 spiro atoms. The van der Waals surface area contributed by atoms with Crippen molar-refractivity contribution in [2.45, 2.75) is 18.9 Å². The highest BCUT2D eigenvalue weighted by atomic mass is 16.5. The van der Waals surface area contributed by atoms with Gasteiger partial charge in [0, 0.05) is 25.8 Å². The van der Waals surface area contributed by atoms with Crippen LogP contribution in [0.3, 0.4) is 0 Å². The molecule has 3 heterocycles. The highest BCUT2D eigenvalue weighted by Crippen LogP contribution is 2.17. The van der Waals surface area contributed by atoms with Crippen LogP contribution in [-0.2, 0) is 11.2 Å². The summed E-state index contributed by atoms with van der Waals surface area (Å²) in [6.45, 7) is 2.28. The molecule has 2 aromatic heterocycles. The first kappa shape index (κ1) is 14.1. The van der Waals surface area contributed by atoms with Crippen LogP contribution in [-0.4, -0.2) is 44.7 Å². The fraction of sp³-hybridized carbons (Fsp3) is 0.375. The lowest BCUT2D eigenvalue weighted by molar-refractivity contribution is 0.184. The summed E-state index contributed by atoms with van der Waals surface area (Å²) in [5, 5.41) is 11.7. The van der Waals surface area contributed by atoms with Crippen LogP contribution in [0.4, 0.5) is 5.82 Å². The van der Waals surface area contributed by atoms with Gasteiger partial charge in [0.05, 0.1) is 35.6 Å². The van der Waals surface area contributed by atoms with Crippen LogP contribution >= 0.6 is 0 Å². The molecule has 0 bridgehead atoms. The van der Waals surface area contributed by atoms with Crippen LogP contribution in [0.5, 0.6) is 0 Å². The predicted molar refractivity (Wildman–Crippen MR) is 86.2 cm³/mol. The van der Waals surface area contributed by atoms with E-state index in [-0.39, 0.29) is 0 Å². The minimum atomic E-state index is 0.329. The van der Waals surface area contributed by atoms with Gasteiger partial charge in [-0.15, -0.1) is 5.10 Å². The molecule has 7 nitrogen and oxygen atoms in total. The summed E-state index contributed by atoms with van der Waals surface area (Å²) >= 11 is 0. The zero-order valence-corrected chi connectivity index (χ0v) is 12.7. The minimum absolute atomic E-state index is 0.329. The average Bonchev–Trinajstić information content (AvgIpc) is 3.26. The first-order valence-corrected chi connectivity index (χ1v) is 7.82. The lowest BCUT2D eigenvalue weighted by atomic mass is 10.2. The molecule has 7 heteroatoms. The minimum Gasteiger partial charge on any atom is -0.379 e. The third-order valence-corrected chi connectivity index (χ3v) is 3.97. The standard InChI is InChI=1S/C16H18N6O/c1-2-4-15-14(3-1)18-9-16(19-15)17-7-5-12-10-22(21-20-12)13-6-8-23-11-13/h1-4,9-10,13H,5-8,11H2,(H,17,19). The number of anilines is 1. The molecular weight excluding hydrogens is 292 g/mol. The number of fused-ring (bicyclic) bond motifs is 1. The van der Waals surface area contributed by atoms with Crippen molar-refractivity contribution in [2.24, 2.45) is 0 Å². The van der Waals surface area contributed by atoms with Crippen LogP contribution in [0.2, 0.25) is 0 Å². The molecule has 1 aliphatic heterocycles. The summed E-state index contributed by atoms with van der Waals surface area (Å²) in [5.74, 6) is 0.778. The van der Waals surface area contributed by atoms with E-state index in [1.54, 1.807) is 6.20 Å². The summed E-state index contributed by atoms with van der Waals surface area (Å²) in [6, 6.07) is 8.17. The second-order valence-corrected chi connectivity index (χ2v) is 5.63. The Balaban J connectivity index is 1.35. The zero-order valence-electron chi connectivity index (χ0n) is 12.7. The van der Waals surface area contributed by atoms with Gasteiger partial charge in [-0.1, -0.05) is 17.3 Å². The first-order valence-electron chi connectivity index (χ1n) is 7.82.